The lowest BCUT2D eigenvalue weighted by Crippen LogP contribution is -2.36. The molecule has 0 radical (unpaired) electrons. The molecule has 0 amide bonds. The normalized spacial score (nSPS) is 28.9. The Labute approximate surface area is 171 Å². The zero-order chi connectivity index (χ0) is 19.9. The minimum Gasteiger partial charge on any atom is -0.379 e. The molecule has 4 unspecified atom stereocenters. The standard InChI is InChI=1S/C22H42O6/c1-3-24-13-16-27-21-11-7-8-12-22(21)28-18-15-25-14-17-26-20-10-6-4-5-9-19(20)23-2/h19-22H,3-18H2,1-2H3. The summed E-state index contributed by atoms with van der Waals surface area (Å²) in [5, 5.41) is 0. The maximum atomic E-state index is 6.05. The molecule has 0 aromatic heterocycles. The summed E-state index contributed by atoms with van der Waals surface area (Å²) in [7, 11) is 1.79. The Morgan fingerprint density at radius 2 is 0.964 bits per heavy atom. The maximum absolute atomic E-state index is 6.05. The molecule has 2 saturated carbocycles. The van der Waals surface area contributed by atoms with Gasteiger partial charge in [0.2, 0.25) is 0 Å². The zero-order valence-electron chi connectivity index (χ0n) is 18.1. The van der Waals surface area contributed by atoms with E-state index in [1.165, 1.54) is 32.1 Å². The third-order valence-electron chi connectivity index (χ3n) is 5.72. The Balaban J connectivity index is 1.51. The smallest absolute Gasteiger partial charge is 0.0837 e. The lowest BCUT2D eigenvalue weighted by Gasteiger charge is -2.31. The highest BCUT2D eigenvalue weighted by molar-refractivity contribution is 4.77. The third kappa shape index (κ3) is 9.51. The highest BCUT2D eigenvalue weighted by atomic mass is 16.6. The van der Waals surface area contributed by atoms with Gasteiger partial charge in [-0.2, -0.15) is 0 Å². The first kappa shape index (κ1) is 24.0. The minimum atomic E-state index is 0.184. The van der Waals surface area contributed by atoms with Crippen molar-refractivity contribution in [1.29, 1.82) is 0 Å². The third-order valence-corrected chi connectivity index (χ3v) is 5.72. The molecule has 0 aromatic carbocycles. The highest BCUT2D eigenvalue weighted by Crippen LogP contribution is 2.24. The van der Waals surface area contributed by atoms with Gasteiger partial charge in [0.1, 0.15) is 0 Å². The SMILES string of the molecule is CCOCCOC1CCCCC1OCCOCCOC1CCCCCC1OC. The van der Waals surface area contributed by atoms with Crippen LogP contribution >= 0.6 is 0 Å². The maximum Gasteiger partial charge on any atom is 0.0837 e. The van der Waals surface area contributed by atoms with Crippen molar-refractivity contribution in [3.8, 4) is 0 Å². The van der Waals surface area contributed by atoms with Crippen molar-refractivity contribution in [2.45, 2.75) is 89.1 Å². The van der Waals surface area contributed by atoms with Gasteiger partial charge < -0.3 is 28.4 Å². The summed E-state index contributed by atoms with van der Waals surface area (Å²) in [4.78, 5) is 0. The van der Waals surface area contributed by atoms with Gasteiger partial charge in [-0.15, -0.1) is 0 Å². The van der Waals surface area contributed by atoms with Crippen LogP contribution in [0.4, 0.5) is 0 Å². The molecular weight excluding hydrogens is 360 g/mol. The Morgan fingerprint density at radius 3 is 1.46 bits per heavy atom. The van der Waals surface area contributed by atoms with Crippen molar-refractivity contribution in [3.63, 3.8) is 0 Å². The molecule has 0 aliphatic heterocycles. The largest absolute Gasteiger partial charge is 0.379 e. The summed E-state index contributed by atoms with van der Waals surface area (Å²) in [6.45, 7) is 6.49. The first-order valence-corrected chi connectivity index (χ1v) is 11.4. The molecule has 0 heterocycles. The monoisotopic (exact) mass is 402 g/mol. The topological polar surface area (TPSA) is 55.4 Å². The van der Waals surface area contributed by atoms with Gasteiger partial charge in [-0.25, -0.2) is 0 Å². The predicted octanol–water partition coefficient (Wildman–Crippen LogP) is 3.75. The molecule has 2 fully saturated rings. The van der Waals surface area contributed by atoms with Gasteiger partial charge in [0.25, 0.3) is 0 Å². The minimum absolute atomic E-state index is 0.184. The van der Waals surface area contributed by atoms with E-state index in [4.69, 9.17) is 28.4 Å². The number of methoxy groups -OCH3 is 1. The Morgan fingerprint density at radius 1 is 0.536 bits per heavy atom. The van der Waals surface area contributed by atoms with Crippen LogP contribution in [0.25, 0.3) is 0 Å². The second-order valence-electron chi connectivity index (χ2n) is 7.73. The molecule has 2 aliphatic rings. The van der Waals surface area contributed by atoms with Gasteiger partial charge in [0.05, 0.1) is 64.1 Å². The van der Waals surface area contributed by atoms with Crippen LogP contribution in [0.2, 0.25) is 0 Å². The zero-order valence-corrected chi connectivity index (χ0v) is 18.1. The molecule has 6 nitrogen and oxygen atoms in total. The number of ether oxygens (including phenoxy) is 6. The molecule has 6 heteroatoms. The van der Waals surface area contributed by atoms with E-state index in [1.807, 2.05) is 6.92 Å². The molecule has 0 N–H and O–H groups in total. The predicted molar refractivity (Wildman–Crippen MR) is 109 cm³/mol. The summed E-state index contributed by atoms with van der Waals surface area (Å²) in [6, 6.07) is 0. The Bertz CT molecular complexity index is 367. The summed E-state index contributed by atoms with van der Waals surface area (Å²) < 4.78 is 34.7. The van der Waals surface area contributed by atoms with E-state index in [-0.39, 0.29) is 24.4 Å². The van der Waals surface area contributed by atoms with E-state index in [9.17, 15) is 0 Å². The van der Waals surface area contributed by atoms with Crippen molar-refractivity contribution in [2.75, 3.05) is 53.4 Å². The summed E-state index contributed by atoms with van der Waals surface area (Å²) in [5.41, 5.74) is 0. The second-order valence-corrected chi connectivity index (χ2v) is 7.73. The summed E-state index contributed by atoms with van der Waals surface area (Å²) in [6.07, 6.45) is 11.4. The van der Waals surface area contributed by atoms with E-state index in [0.29, 0.717) is 39.6 Å². The van der Waals surface area contributed by atoms with Gasteiger partial charge in [-0.05, 0) is 32.6 Å². The molecule has 2 rings (SSSR count). The molecule has 166 valence electrons. The number of hydrogen-bond acceptors (Lipinski definition) is 6. The average molecular weight is 403 g/mol. The van der Waals surface area contributed by atoms with E-state index in [0.717, 1.165) is 32.3 Å². The van der Waals surface area contributed by atoms with Crippen LogP contribution in [0.1, 0.15) is 64.7 Å². The molecule has 0 saturated heterocycles. The van der Waals surface area contributed by atoms with Crippen LogP contribution < -0.4 is 0 Å². The first-order chi connectivity index (χ1) is 13.8. The van der Waals surface area contributed by atoms with Crippen molar-refractivity contribution < 1.29 is 28.4 Å². The fourth-order valence-corrected chi connectivity index (χ4v) is 4.17. The van der Waals surface area contributed by atoms with Crippen LogP contribution in [-0.2, 0) is 28.4 Å². The van der Waals surface area contributed by atoms with E-state index in [1.54, 1.807) is 7.11 Å². The average Bonchev–Trinajstić information content (AvgIpc) is 2.96. The molecule has 0 spiro atoms. The van der Waals surface area contributed by atoms with Gasteiger partial charge in [-0.1, -0.05) is 32.1 Å². The summed E-state index contributed by atoms with van der Waals surface area (Å²) >= 11 is 0. The fraction of sp³-hybridized carbons (Fsp3) is 1.00. The molecule has 2 aliphatic carbocycles. The van der Waals surface area contributed by atoms with Gasteiger partial charge >= 0.3 is 0 Å². The van der Waals surface area contributed by atoms with Crippen LogP contribution in [0.5, 0.6) is 0 Å². The van der Waals surface area contributed by atoms with Crippen LogP contribution in [0, 0.1) is 0 Å². The van der Waals surface area contributed by atoms with Crippen molar-refractivity contribution in [2.24, 2.45) is 0 Å². The number of hydrogen-bond donors (Lipinski definition) is 0. The molecule has 4 atom stereocenters. The van der Waals surface area contributed by atoms with E-state index >= 15 is 0 Å². The van der Waals surface area contributed by atoms with Crippen molar-refractivity contribution in [1.82, 2.24) is 0 Å². The Kier molecular flexibility index (Phi) is 13.4. The first-order valence-electron chi connectivity index (χ1n) is 11.4. The molecular formula is C22H42O6. The summed E-state index contributed by atoms with van der Waals surface area (Å²) in [5.74, 6) is 0. The van der Waals surface area contributed by atoms with E-state index < -0.39 is 0 Å². The van der Waals surface area contributed by atoms with E-state index in [2.05, 4.69) is 0 Å². The van der Waals surface area contributed by atoms with Crippen LogP contribution in [0.3, 0.4) is 0 Å². The highest BCUT2D eigenvalue weighted by Gasteiger charge is 2.26. The van der Waals surface area contributed by atoms with Crippen molar-refractivity contribution >= 4 is 0 Å². The van der Waals surface area contributed by atoms with Gasteiger partial charge in [0, 0.05) is 13.7 Å². The second kappa shape index (κ2) is 15.6. The van der Waals surface area contributed by atoms with Gasteiger partial charge in [-0.3, -0.25) is 0 Å². The lowest BCUT2D eigenvalue weighted by atomic mass is 9.94. The van der Waals surface area contributed by atoms with Crippen LogP contribution in [-0.4, -0.2) is 77.8 Å². The fourth-order valence-electron chi connectivity index (χ4n) is 4.17. The number of rotatable bonds is 14. The molecule has 0 bridgehead atoms. The lowest BCUT2D eigenvalue weighted by molar-refractivity contribution is -0.113. The van der Waals surface area contributed by atoms with Crippen molar-refractivity contribution in [3.05, 3.63) is 0 Å². The molecule has 0 aromatic rings. The van der Waals surface area contributed by atoms with Crippen LogP contribution in [0.15, 0.2) is 0 Å². The quantitative estimate of drug-likeness (QED) is 0.326. The van der Waals surface area contributed by atoms with Gasteiger partial charge in [0.15, 0.2) is 0 Å². The molecule has 28 heavy (non-hydrogen) atoms. The Hall–Kier alpha value is -0.240.